The lowest BCUT2D eigenvalue weighted by Crippen LogP contribution is -2.70. The molecule has 2 N–H and O–H groups in total. The lowest BCUT2D eigenvalue weighted by Gasteiger charge is -2.64. The summed E-state index contributed by atoms with van der Waals surface area (Å²) < 4.78 is 44.8. The van der Waals surface area contributed by atoms with Crippen LogP contribution < -0.4 is 0 Å². The van der Waals surface area contributed by atoms with Crippen LogP contribution in [0.4, 0.5) is 8.78 Å². The fourth-order valence-corrected chi connectivity index (χ4v) is 7.95. The summed E-state index contributed by atoms with van der Waals surface area (Å²) in [6.07, 6.45) is 1.78. The number of hydrogen-bond acceptors (Lipinski definition) is 5. The SMILES string of the molecule is C/C=C/[C@H]1O[C@@H]2CC3C4C[C@H](F)C5=CC(=O)CC[C@]5(C)[C@@]4(F)[C@@H](O)C[C@]3(C)[C@]2(CO)O1. The summed E-state index contributed by atoms with van der Waals surface area (Å²) in [6.45, 7) is 5.13. The van der Waals surface area contributed by atoms with E-state index in [9.17, 15) is 15.0 Å². The van der Waals surface area contributed by atoms with Gasteiger partial charge in [-0.25, -0.2) is 8.78 Å². The van der Waals surface area contributed by atoms with Gasteiger partial charge in [-0.15, -0.1) is 0 Å². The van der Waals surface area contributed by atoms with Gasteiger partial charge in [-0.3, -0.25) is 4.79 Å². The zero-order valence-electron chi connectivity index (χ0n) is 18.3. The lowest BCUT2D eigenvalue weighted by atomic mass is 9.43. The number of carbonyl (C=O) groups excluding carboxylic acids is 1. The number of hydrogen-bond donors (Lipinski definition) is 2. The molecule has 10 atom stereocenters. The number of ketones is 1. The topological polar surface area (TPSA) is 76.0 Å². The third-order valence-electron chi connectivity index (χ3n) is 9.58. The first kappa shape index (κ1) is 21.7. The summed E-state index contributed by atoms with van der Waals surface area (Å²) in [5, 5.41) is 21.8. The van der Waals surface area contributed by atoms with Crippen molar-refractivity contribution in [2.45, 2.75) is 88.8 Å². The van der Waals surface area contributed by atoms with E-state index in [-0.39, 0.29) is 49.6 Å². The van der Waals surface area contributed by atoms with Crippen LogP contribution in [0, 0.1) is 22.7 Å². The van der Waals surface area contributed by atoms with E-state index in [1.54, 1.807) is 13.0 Å². The van der Waals surface area contributed by atoms with E-state index < -0.39 is 52.7 Å². The highest BCUT2D eigenvalue weighted by atomic mass is 19.1. The number of allylic oxidation sites excluding steroid dienone is 2. The number of alkyl halides is 2. The van der Waals surface area contributed by atoms with Crippen LogP contribution in [0.5, 0.6) is 0 Å². The van der Waals surface area contributed by atoms with Gasteiger partial charge in [0.1, 0.15) is 17.4 Å². The average Bonchev–Trinajstić information content (AvgIpc) is 3.18. The van der Waals surface area contributed by atoms with Gasteiger partial charge in [-0.2, -0.15) is 0 Å². The van der Waals surface area contributed by atoms with Gasteiger partial charge in [0, 0.05) is 23.2 Å². The Bertz CT molecular complexity index is 859. The fraction of sp³-hybridized carbons (Fsp3) is 0.792. The Labute approximate surface area is 181 Å². The van der Waals surface area contributed by atoms with Gasteiger partial charge >= 0.3 is 0 Å². The first-order valence-electron chi connectivity index (χ1n) is 11.4. The highest BCUT2D eigenvalue weighted by Crippen LogP contribution is 2.72. The van der Waals surface area contributed by atoms with E-state index in [1.165, 1.54) is 6.08 Å². The van der Waals surface area contributed by atoms with Crippen molar-refractivity contribution in [2.75, 3.05) is 6.61 Å². The molecule has 4 aliphatic carbocycles. The first-order chi connectivity index (χ1) is 14.6. The summed E-state index contributed by atoms with van der Waals surface area (Å²) in [5.41, 5.74) is -4.94. The van der Waals surface area contributed by atoms with Crippen LogP contribution in [0.25, 0.3) is 0 Å². The average molecular weight is 439 g/mol. The normalized spacial score (nSPS) is 56.1. The van der Waals surface area contributed by atoms with Crippen LogP contribution in [0.2, 0.25) is 0 Å². The number of carbonyl (C=O) groups is 1. The molecule has 5 nitrogen and oxygen atoms in total. The highest BCUT2D eigenvalue weighted by Gasteiger charge is 2.78. The lowest BCUT2D eigenvalue weighted by molar-refractivity contribution is -0.246. The summed E-state index contributed by atoms with van der Waals surface area (Å²) in [5.74, 6) is -1.26. The van der Waals surface area contributed by atoms with Gasteiger partial charge in [0.25, 0.3) is 0 Å². The third kappa shape index (κ3) is 2.41. The first-order valence-corrected chi connectivity index (χ1v) is 11.4. The summed E-state index contributed by atoms with van der Waals surface area (Å²) >= 11 is 0. The second kappa shape index (κ2) is 6.69. The monoisotopic (exact) mass is 438 g/mol. The highest BCUT2D eigenvalue weighted by molar-refractivity contribution is 5.92. The Hall–Kier alpha value is -1.15. The van der Waals surface area contributed by atoms with Crippen LogP contribution in [-0.4, -0.2) is 58.5 Å². The van der Waals surface area contributed by atoms with Gasteiger partial charge in [0.15, 0.2) is 12.1 Å². The molecule has 0 bridgehead atoms. The second-order valence-electron chi connectivity index (χ2n) is 10.6. The maximum Gasteiger partial charge on any atom is 0.178 e. The maximum atomic E-state index is 17.1. The molecule has 1 heterocycles. The minimum absolute atomic E-state index is 0.0847. The maximum absolute atomic E-state index is 17.1. The van der Waals surface area contributed by atoms with E-state index in [1.807, 2.05) is 19.9 Å². The Morgan fingerprint density at radius 1 is 1.29 bits per heavy atom. The molecule has 172 valence electrons. The van der Waals surface area contributed by atoms with Crippen molar-refractivity contribution in [3.63, 3.8) is 0 Å². The third-order valence-corrected chi connectivity index (χ3v) is 9.58. The van der Waals surface area contributed by atoms with Crippen LogP contribution in [-0.2, 0) is 14.3 Å². The Morgan fingerprint density at radius 2 is 2.03 bits per heavy atom. The molecule has 1 aliphatic heterocycles. The van der Waals surface area contributed by atoms with Crippen molar-refractivity contribution in [1.29, 1.82) is 0 Å². The second-order valence-corrected chi connectivity index (χ2v) is 10.6. The minimum atomic E-state index is -2.05. The van der Waals surface area contributed by atoms with Crippen LogP contribution in [0.15, 0.2) is 23.8 Å². The number of aliphatic hydroxyl groups is 2. The fourth-order valence-electron chi connectivity index (χ4n) is 7.95. The molecule has 1 saturated heterocycles. The molecule has 4 fully saturated rings. The van der Waals surface area contributed by atoms with Gasteiger partial charge in [-0.1, -0.05) is 19.9 Å². The Balaban J connectivity index is 1.59. The van der Waals surface area contributed by atoms with Crippen molar-refractivity contribution in [2.24, 2.45) is 22.7 Å². The number of rotatable bonds is 2. The summed E-state index contributed by atoms with van der Waals surface area (Å²) in [4.78, 5) is 12.0. The Kier molecular flexibility index (Phi) is 4.68. The predicted octanol–water partition coefficient (Wildman–Crippen LogP) is 3.19. The van der Waals surface area contributed by atoms with E-state index in [0.717, 1.165) is 0 Å². The summed E-state index contributed by atoms with van der Waals surface area (Å²) in [7, 11) is 0. The van der Waals surface area contributed by atoms with Gasteiger partial charge in [0.05, 0.1) is 18.8 Å². The Morgan fingerprint density at radius 3 is 2.71 bits per heavy atom. The largest absolute Gasteiger partial charge is 0.393 e. The molecule has 5 aliphatic rings. The molecular weight excluding hydrogens is 406 g/mol. The quantitative estimate of drug-likeness (QED) is 0.648. The van der Waals surface area contributed by atoms with Crippen LogP contribution >= 0.6 is 0 Å². The molecule has 0 spiro atoms. The van der Waals surface area contributed by atoms with Gasteiger partial charge in [-0.05, 0) is 56.3 Å². The molecule has 2 unspecified atom stereocenters. The standard InChI is InChI=1S/C24H32F2O5/c1-4-5-20-30-19-10-14-15-9-17(25)16-8-13(28)6-7-21(16,2)24(15,26)18(29)11-22(14,3)23(19,12-27)31-20/h4-5,8,14-15,17-20,27,29H,6-7,9-12H2,1-3H3/b5-4+/t14?,15?,17-,18-,19+,20-,21-,22-,23+,24-/m0/s1. The molecule has 7 heteroatoms. The van der Waals surface area contributed by atoms with Crippen molar-refractivity contribution in [1.82, 2.24) is 0 Å². The summed E-state index contributed by atoms with van der Waals surface area (Å²) in [6, 6.07) is 0. The van der Waals surface area contributed by atoms with E-state index >= 15 is 8.78 Å². The minimum Gasteiger partial charge on any atom is -0.393 e. The number of ether oxygens (including phenoxy) is 2. The number of aliphatic hydroxyl groups excluding tert-OH is 2. The molecule has 5 rings (SSSR count). The van der Waals surface area contributed by atoms with E-state index in [2.05, 4.69) is 0 Å². The predicted molar refractivity (Wildman–Crippen MR) is 108 cm³/mol. The molecule has 3 saturated carbocycles. The molecular formula is C24H32F2O5. The van der Waals surface area contributed by atoms with Crippen molar-refractivity contribution < 1.29 is 33.3 Å². The van der Waals surface area contributed by atoms with E-state index in [0.29, 0.717) is 6.42 Å². The van der Waals surface area contributed by atoms with Crippen LogP contribution in [0.1, 0.15) is 52.9 Å². The molecule has 0 radical (unpaired) electrons. The molecule has 0 aromatic heterocycles. The number of halogens is 2. The molecule has 0 amide bonds. The zero-order chi connectivity index (χ0) is 22.4. The molecule has 0 aromatic rings. The zero-order valence-corrected chi connectivity index (χ0v) is 18.3. The van der Waals surface area contributed by atoms with Crippen LogP contribution in [0.3, 0.4) is 0 Å². The van der Waals surface area contributed by atoms with E-state index in [4.69, 9.17) is 9.47 Å². The smallest absolute Gasteiger partial charge is 0.178 e. The number of fused-ring (bicyclic) bond motifs is 7. The van der Waals surface area contributed by atoms with Crippen molar-refractivity contribution in [3.05, 3.63) is 23.8 Å². The van der Waals surface area contributed by atoms with Crippen molar-refractivity contribution >= 4 is 5.78 Å². The van der Waals surface area contributed by atoms with Gasteiger partial charge < -0.3 is 19.7 Å². The molecule has 0 aromatic carbocycles. The molecule has 31 heavy (non-hydrogen) atoms. The van der Waals surface area contributed by atoms with Crippen molar-refractivity contribution in [3.8, 4) is 0 Å². The van der Waals surface area contributed by atoms with Gasteiger partial charge in [0.2, 0.25) is 0 Å².